The van der Waals surface area contributed by atoms with Crippen LogP contribution in [0.4, 0.5) is 0 Å². The fourth-order valence-electron chi connectivity index (χ4n) is 4.98. The molecule has 1 aliphatic heterocycles. The molecule has 0 bridgehead atoms. The lowest BCUT2D eigenvalue weighted by Gasteiger charge is -2.31. The Balaban J connectivity index is 2.04. The molecule has 0 spiro atoms. The molecule has 5 atom stereocenters. The standard InChI is InChI=1S/C30H51N3O3/c1-21(2)26-14-10-13-25(18-26)19-31-20-28(34)27-17-23(4)12-9-7-8-11-22(3)15-16-29(35)33(6)24(5)30(36)32-27/h10,13-14,18,21-24,27-28,31,34H,7-9,11-12,15-17,19-20H2,1-6H3,(H,32,36)/t22-,23+,24-,27-,28+/m0/s1. The number of likely N-dealkylation sites (N-methyl/N-ethyl adjacent to an activating group) is 1. The second-order valence-corrected chi connectivity index (χ2v) is 11.5. The van der Waals surface area contributed by atoms with E-state index in [0.29, 0.717) is 37.3 Å². The van der Waals surface area contributed by atoms with Gasteiger partial charge in [-0.1, -0.05) is 84.1 Å². The number of carbonyl (C=O) groups is 2. The van der Waals surface area contributed by atoms with Crippen LogP contribution < -0.4 is 10.6 Å². The monoisotopic (exact) mass is 501 g/mol. The van der Waals surface area contributed by atoms with Gasteiger partial charge in [0.05, 0.1) is 12.1 Å². The SMILES string of the molecule is CC(C)c1cccc(CNC[C@@H](O)[C@@H]2C[C@H](C)CCCCC[C@H](C)CCC(=O)N(C)[C@@H](C)C(=O)N2)c1. The van der Waals surface area contributed by atoms with Crippen LogP contribution in [0.5, 0.6) is 0 Å². The van der Waals surface area contributed by atoms with Gasteiger partial charge in [0.1, 0.15) is 6.04 Å². The minimum atomic E-state index is -0.711. The maximum atomic E-state index is 13.1. The molecule has 2 amide bonds. The summed E-state index contributed by atoms with van der Waals surface area (Å²) in [6.07, 6.45) is 7.13. The third-order valence-electron chi connectivity index (χ3n) is 7.85. The highest BCUT2D eigenvalue weighted by molar-refractivity contribution is 5.87. The summed E-state index contributed by atoms with van der Waals surface area (Å²) in [5.74, 6) is 1.20. The summed E-state index contributed by atoms with van der Waals surface area (Å²) in [5.41, 5.74) is 2.49. The lowest BCUT2D eigenvalue weighted by Crippen LogP contribution is -2.53. The van der Waals surface area contributed by atoms with Crippen molar-refractivity contribution in [3.8, 4) is 0 Å². The summed E-state index contributed by atoms with van der Waals surface area (Å²) in [6, 6.07) is 7.58. The Bertz CT molecular complexity index is 812. The Kier molecular flexibility index (Phi) is 12.9. The molecule has 1 aliphatic rings. The number of aliphatic hydroxyl groups is 1. The first-order valence-electron chi connectivity index (χ1n) is 14.1. The van der Waals surface area contributed by atoms with E-state index < -0.39 is 12.1 Å². The van der Waals surface area contributed by atoms with Crippen molar-refractivity contribution in [3.63, 3.8) is 0 Å². The number of nitrogens with one attached hydrogen (secondary N) is 2. The molecule has 0 radical (unpaired) electrons. The Hall–Kier alpha value is -1.92. The van der Waals surface area contributed by atoms with Gasteiger partial charge in [-0.05, 0) is 48.6 Å². The van der Waals surface area contributed by atoms with Gasteiger partial charge in [0.25, 0.3) is 0 Å². The summed E-state index contributed by atoms with van der Waals surface area (Å²) in [6.45, 7) is 11.6. The van der Waals surface area contributed by atoms with Gasteiger partial charge < -0.3 is 20.6 Å². The smallest absolute Gasteiger partial charge is 0.242 e. The highest BCUT2D eigenvalue weighted by Gasteiger charge is 2.28. The summed E-state index contributed by atoms with van der Waals surface area (Å²) in [7, 11) is 1.71. The van der Waals surface area contributed by atoms with E-state index in [1.807, 2.05) is 0 Å². The van der Waals surface area contributed by atoms with Gasteiger partial charge in [0.2, 0.25) is 11.8 Å². The number of nitrogens with zero attached hydrogens (tertiary/aromatic N) is 1. The normalized spacial score (nSPS) is 26.6. The van der Waals surface area contributed by atoms with E-state index in [4.69, 9.17) is 0 Å². The topological polar surface area (TPSA) is 81.7 Å². The van der Waals surface area contributed by atoms with Crippen molar-refractivity contribution < 1.29 is 14.7 Å². The molecule has 1 heterocycles. The van der Waals surface area contributed by atoms with Gasteiger partial charge in [-0.15, -0.1) is 0 Å². The quantitative estimate of drug-likeness (QED) is 0.512. The van der Waals surface area contributed by atoms with Crippen molar-refractivity contribution in [2.24, 2.45) is 11.8 Å². The predicted molar refractivity (Wildman–Crippen MR) is 148 cm³/mol. The van der Waals surface area contributed by atoms with Crippen LogP contribution in [0.2, 0.25) is 0 Å². The van der Waals surface area contributed by atoms with Gasteiger partial charge in [-0.3, -0.25) is 9.59 Å². The molecule has 2 rings (SSSR count). The molecule has 6 heteroatoms. The molecule has 204 valence electrons. The second-order valence-electron chi connectivity index (χ2n) is 11.5. The molecule has 3 N–H and O–H groups in total. The van der Waals surface area contributed by atoms with E-state index in [-0.39, 0.29) is 17.9 Å². The van der Waals surface area contributed by atoms with Gasteiger partial charge >= 0.3 is 0 Å². The molecule has 1 fully saturated rings. The fourth-order valence-corrected chi connectivity index (χ4v) is 4.98. The first kappa shape index (κ1) is 30.3. The predicted octanol–water partition coefficient (Wildman–Crippen LogP) is 5.00. The van der Waals surface area contributed by atoms with E-state index in [9.17, 15) is 14.7 Å². The largest absolute Gasteiger partial charge is 0.390 e. The van der Waals surface area contributed by atoms with E-state index in [1.54, 1.807) is 18.9 Å². The molecule has 0 aromatic heterocycles. The molecule has 36 heavy (non-hydrogen) atoms. The summed E-state index contributed by atoms with van der Waals surface area (Å²) in [4.78, 5) is 27.4. The molecular formula is C30H51N3O3. The Morgan fingerprint density at radius 1 is 1.06 bits per heavy atom. The zero-order valence-electron chi connectivity index (χ0n) is 23.6. The van der Waals surface area contributed by atoms with Crippen LogP contribution in [0.25, 0.3) is 0 Å². The summed E-state index contributed by atoms with van der Waals surface area (Å²) >= 11 is 0. The first-order valence-corrected chi connectivity index (χ1v) is 14.1. The average molecular weight is 502 g/mol. The molecule has 0 aliphatic carbocycles. The number of aliphatic hydroxyl groups excluding tert-OH is 1. The molecule has 6 nitrogen and oxygen atoms in total. The van der Waals surface area contributed by atoms with Crippen LogP contribution in [0.3, 0.4) is 0 Å². The Labute approximate surface area is 219 Å². The molecule has 1 saturated heterocycles. The fraction of sp³-hybridized carbons (Fsp3) is 0.733. The van der Waals surface area contributed by atoms with Crippen LogP contribution in [0.15, 0.2) is 24.3 Å². The molecule has 0 unspecified atom stereocenters. The van der Waals surface area contributed by atoms with Gasteiger partial charge in [-0.2, -0.15) is 0 Å². The number of amides is 2. The Morgan fingerprint density at radius 2 is 1.75 bits per heavy atom. The lowest BCUT2D eigenvalue weighted by atomic mass is 9.91. The first-order chi connectivity index (χ1) is 17.1. The number of carbonyl (C=O) groups excluding carboxylic acids is 2. The minimum absolute atomic E-state index is 0.00681. The van der Waals surface area contributed by atoms with Crippen molar-refractivity contribution in [2.45, 2.75) is 117 Å². The Morgan fingerprint density at radius 3 is 2.44 bits per heavy atom. The van der Waals surface area contributed by atoms with E-state index >= 15 is 0 Å². The molecule has 0 saturated carbocycles. The van der Waals surface area contributed by atoms with Crippen molar-refractivity contribution in [3.05, 3.63) is 35.4 Å². The average Bonchev–Trinajstić information content (AvgIpc) is 2.85. The van der Waals surface area contributed by atoms with E-state index in [2.05, 4.69) is 62.6 Å². The van der Waals surface area contributed by atoms with Crippen LogP contribution in [0.1, 0.15) is 103 Å². The lowest BCUT2D eigenvalue weighted by molar-refractivity contribution is -0.139. The van der Waals surface area contributed by atoms with Crippen molar-refractivity contribution >= 4 is 11.8 Å². The van der Waals surface area contributed by atoms with Gasteiger partial charge in [0.15, 0.2) is 0 Å². The second kappa shape index (κ2) is 15.4. The van der Waals surface area contributed by atoms with Crippen molar-refractivity contribution in [1.82, 2.24) is 15.5 Å². The minimum Gasteiger partial charge on any atom is -0.390 e. The van der Waals surface area contributed by atoms with Crippen LogP contribution in [-0.2, 0) is 16.1 Å². The maximum absolute atomic E-state index is 13.1. The number of rotatable bonds is 6. The highest BCUT2D eigenvalue weighted by Crippen LogP contribution is 2.21. The maximum Gasteiger partial charge on any atom is 0.242 e. The molecule has 1 aromatic rings. The van der Waals surface area contributed by atoms with Crippen LogP contribution >= 0.6 is 0 Å². The molecule has 1 aromatic carbocycles. The van der Waals surface area contributed by atoms with Gasteiger partial charge in [-0.25, -0.2) is 0 Å². The number of hydrogen-bond donors (Lipinski definition) is 3. The highest BCUT2D eigenvalue weighted by atomic mass is 16.3. The zero-order chi connectivity index (χ0) is 26.7. The molecular weight excluding hydrogens is 450 g/mol. The van der Waals surface area contributed by atoms with Crippen molar-refractivity contribution in [2.75, 3.05) is 13.6 Å². The van der Waals surface area contributed by atoms with Gasteiger partial charge in [0, 0.05) is 26.6 Å². The third-order valence-corrected chi connectivity index (χ3v) is 7.85. The van der Waals surface area contributed by atoms with Crippen LogP contribution in [-0.4, -0.2) is 53.6 Å². The third kappa shape index (κ3) is 10.2. The van der Waals surface area contributed by atoms with Crippen LogP contribution in [0, 0.1) is 11.8 Å². The van der Waals surface area contributed by atoms with E-state index in [1.165, 1.54) is 24.0 Å². The number of benzene rings is 1. The summed E-state index contributed by atoms with van der Waals surface area (Å²) < 4.78 is 0. The zero-order valence-corrected chi connectivity index (χ0v) is 23.6. The van der Waals surface area contributed by atoms with E-state index in [0.717, 1.165) is 32.1 Å². The number of hydrogen-bond acceptors (Lipinski definition) is 4. The summed E-state index contributed by atoms with van der Waals surface area (Å²) in [5, 5.41) is 17.6. The van der Waals surface area contributed by atoms with Crippen molar-refractivity contribution in [1.29, 1.82) is 0 Å².